The van der Waals surface area contributed by atoms with Gasteiger partial charge in [0.05, 0.1) is 0 Å². The molecule has 0 aliphatic rings. The van der Waals surface area contributed by atoms with Crippen molar-refractivity contribution >= 4 is 28.6 Å². The van der Waals surface area contributed by atoms with E-state index in [1.807, 2.05) is 47.2 Å². The molecule has 0 atom stereocenters. The summed E-state index contributed by atoms with van der Waals surface area (Å²) in [5.41, 5.74) is 2.10. The number of esters is 1. The quantitative estimate of drug-likeness (QED) is 0.489. The van der Waals surface area contributed by atoms with E-state index in [4.69, 9.17) is 9.26 Å². The van der Waals surface area contributed by atoms with E-state index < -0.39 is 5.97 Å². The van der Waals surface area contributed by atoms with Crippen LogP contribution >= 0.6 is 22.7 Å². The van der Waals surface area contributed by atoms with Crippen molar-refractivity contribution in [3.8, 4) is 22.0 Å². The lowest BCUT2D eigenvalue weighted by Gasteiger charge is -1.98. The van der Waals surface area contributed by atoms with Crippen LogP contribution in [0.4, 0.5) is 0 Å². The van der Waals surface area contributed by atoms with Crippen LogP contribution < -0.4 is 0 Å². The van der Waals surface area contributed by atoms with Gasteiger partial charge >= 0.3 is 5.97 Å². The maximum atomic E-state index is 12.1. The van der Waals surface area contributed by atoms with Gasteiger partial charge in [-0.2, -0.15) is 16.3 Å². The number of hydrogen-bond acceptors (Lipinski definition) is 8. The molecule has 4 aromatic rings. The van der Waals surface area contributed by atoms with Gasteiger partial charge in [0.2, 0.25) is 5.82 Å². The Hall–Kier alpha value is -2.84. The van der Waals surface area contributed by atoms with Crippen molar-refractivity contribution in [3.63, 3.8) is 0 Å². The number of benzene rings is 1. The summed E-state index contributed by atoms with van der Waals surface area (Å²) in [4.78, 5) is 20.7. The zero-order valence-electron chi connectivity index (χ0n) is 12.8. The molecule has 0 spiro atoms. The summed E-state index contributed by atoms with van der Waals surface area (Å²) in [7, 11) is 0. The molecule has 0 unspecified atom stereocenters. The van der Waals surface area contributed by atoms with Crippen LogP contribution in [0.15, 0.2) is 57.1 Å². The van der Waals surface area contributed by atoms with Crippen molar-refractivity contribution in [2.24, 2.45) is 0 Å². The molecule has 0 bridgehead atoms. The van der Waals surface area contributed by atoms with E-state index in [2.05, 4.69) is 15.1 Å². The first-order valence-corrected chi connectivity index (χ1v) is 9.15. The van der Waals surface area contributed by atoms with E-state index in [1.54, 1.807) is 16.7 Å². The second kappa shape index (κ2) is 6.96. The monoisotopic (exact) mass is 369 g/mol. The topological polar surface area (TPSA) is 78.1 Å². The van der Waals surface area contributed by atoms with Gasteiger partial charge < -0.3 is 9.26 Å². The van der Waals surface area contributed by atoms with E-state index in [0.29, 0.717) is 5.82 Å². The molecule has 3 aromatic heterocycles. The number of ether oxygens (including phenoxy) is 1. The van der Waals surface area contributed by atoms with Crippen LogP contribution in [0, 0.1) is 0 Å². The maximum Gasteiger partial charge on any atom is 0.358 e. The molecule has 124 valence electrons. The highest BCUT2D eigenvalue weighted by Gasteiger charge is 2.16. The lowest BCUT2D eigenvalue weighted by molar-refractivity contribution is 0.0424. The van der Waals surface area contributed by atoms with Crippen molar-refractivity contribution < 1.29 is 14.1 Å². The van der Waals surface area contributed by atoms with Crippen LogP contribution in [0.1, 0.15) is 16.4 Å². The van der Waals surface area contributed by atoms with Gasteiger partial charge in [0.1, 0.15) is 5.01 Å². The lowest BCUT2D eigenvalue weighted by Crippen LogP contribution is -2.05. The van der Waals surface area contributed by atoms with Crippen molar-refractivity contribution in [2.45, 2.75) is 6.61 Å². The van der Waals surface area contributed by atoms with Crippen molar-refractivity contribution in [1.82, 2.24) is 15.1 Å². The Balaban J connectivity index is 1.40. The molecule has 0 aliphatic carbocycles. The number of rotatable bonds is 5. The highest BCUT2D eigenvalue weighted by molar-refractivity contribution is 7.13. The van der Waals surface area contributed by atoms with Crippen molar-refractivity contribution in [3.05, 3.63) is 64.1 Å². The molecule has 25 heavy (non-hydrogen) atoms. The molecular formula is C17H11N3O3S2. The number of thiophene rings is 1. The van der Waals surface area contributed by atoms with E-state index in [-0.39, 0.29) is 18.2 Å². The van der Waals surface area contributed by atoms with Gasteiger partial charge in [-0.3, -0.25) is 0 Å². The maximum absolute atomic E-state index is 12.1. The molecule has 6 nitrogen and oxygen atoms in total. The normalized spacial score (nSPS) is 10.7. The van der Waals surface area contributed by atoms with Crippen LogP contribution in [0.5, 0.6) is 0 Å². The molecule has 0 saturated heterocycles. The molecule has 4 rings (SSSR count). The molecule has 0 aliphatic heterocycles. The number of thiazole rings is 1. The summed E-state index contributed by atoms with van der Waals surface area (Å²) in [5, 5.41) is 10.2. The van der Waals surface area contributed by atoms with Gasteiger partial charge in [0, 0.05) is 21.9 Å². The Kier molecular flexibility index (Phi) is 4.36. The summed E-state index contributed by atoms with van der Waals surface area (Å²) < 4.78 is 10.3. The average molecular weight is 369 g/mol. The summed E-state index contributed by atoms with van der Waals surface area (Å²) in [5.74, 6) is 0.203. The van der Waals surface area contributed by atoms with Crippen LogP contribution in [-0.4, -0.2) is 21.1 Å². The molecule has 0 fully saturated rings. The molecular weight excluding hydrogens is 358 g/mol. The Bertz CT molecular complexity index is 978. The molecule has 0 radical (unpaired) electrons. The van der Waals surface area contributed by atoms with Gasteiger partial charge in [0.25, 0.3) is 5.89 Å². The first-order chi connectivity index (χ1) is 12.3. The zero-order chi connectivity index (χ0) is 17.1. The van der Waals surface area contributed by atoms with Gasteiger partial charge in [-0.15, -0.1) is 11.3 Å². The summed E-state index contributed by atoms with van der Waals surface area (Å²) >= 11 is 2.94. The van der Waals surface area contributed by atoms with Crippen molar-refractivity contribution in [1.29, 1.82) is 0 Å². The first kappa shape index (κ1) is 15.7. The minimum Gasteiger partial charge on any atom is -0.451 e. The average Bonchev–Trinajstić information content (AvgIpc) is 3.41. The van der Waals surface area contributed by atoms with Crippen LogP contribution in [0.25, 0.3) is 22.0 Å². The number of carbonyl (C=O) groups excluding carboxylic acids is 1. The van der Waals surface area contributed by atoms with Gasteiger partial charge in [-0.05, 0) is 11.4 Å². The van der Waals surface area contributed by atoms with Crippen molar-refractivity contribution in [2.75, 3.05) is 0 Å². The predicted molar refractivity (Wildman–Crippen MR) is 94.3 cm³/mol. The molecule has 0 amide bonds. The lowest BCUT2D eigenvalue weighted by atomic mass is 10.2. The van der Waals surface area contributed by atoms with Crippen LogP contribution in [0.2, 0.25) is 0 Å². The smallest absolute Gasteiger partial charge is 0.358 e. The second-order valence-corrected chi connectivity index (χ2v) is 6.64. The summed E-state index contributed by atoms with van der Waals surface area (Å²) in [6, 6.07) is 11.6. The van der Waals surface area contributed by atoms with E-state index in [9.17, 15) is 4.79 Å². The highest BCUT2D eigenvalue weighted by Crippen LogP contribution is 2.24. The van der Waals surface area contributed by atoms with Crippen LogP contribution in [0.3, 0.4) is 0 Å². The standard InChI is InChI=1S/C17H11N3O3S2/c21-17(13-10-25-16(18-13)11-4-2-1-3-5-11)22-8-14-19-15(20-23-14)12-6-7-24-9-12/h1-7,9-10H,8H2. The Morgan fingerprint density at radius 3 is 2.76 bits per heavy atom. The van der Waals surface area contributed by atoms with Crippen LogP contribution in [-0.2, 0) is 11.3 Å². The zero-order valence-corrected chi connectivity index (χ0v) is 14.4. The van der Waals surface area contributed by atoms with Gasteiger partial charge in [0.15, 0.2) is 12.3 Å². The minimum absolute atomic E-state index is 0.0891. The molecule has 0 N–H and O–H groups in total. The number of hydrogen-bond donors (Lipinski definition) is 0. The molecule has 3 heterocycles. The number of aromatic nitrogens is 3. The third-order valence-electron chi connectivity index (χ3n) is 3.31. The van der Waals surface area contributed by atoms with E-state index >= 15 is 0 Å². The number of nitrogens with zero attached hydrogens (tertiary/aromatic N) is 3. The molecule has 1 aromatic carbocycles. The third kappa shape index (κ3) is 3.49. The number of carbonyl (C=O) groups is 1. The Morgan fingerprint density at radius 2 is 1.96 bits per heavy atom. The summed E-state index contributed by atoms with van der Waals surface area (Å²) in [6.45, 7) is -0.0891. The SMILES string of the molecule is O=C(OCc1nc(-c2ccsc2)no1)c1csc(-c2ccccc2)n1. The molecule has 0 saturated carbocycles. The third-order valence-corrected chi connectivity index (χ3v) is 4.88. The van der Waals surface area contributed by atoms with E-state index in [1.165, 1.54) is 11.3 Å². The minimum atomic E-state index is -0.520. The highest BCUT2D eigenvalue weighted by atomic mass is 32.1. The predicted octanol–water partition coefficient (Wildman–Crippen LogP) is 4.28. The second-order valence-electron chi connectivity index (χ2n) is 5.00. The van der Waals surface area contributed by atoms with Gasteiger partial charge in [-0.25, -0.2) is 9.78 Å². The molecule has 8 heteroatoms. The fourth-order valence-electron chi connectivity index (χ4n) is 2.10. The summed E-state index contributed by atoms with van der Waals surface area (Å²) in [6.07, 6.45) is 0. The first-order valence-electron chi connectivity index (χ1n) is 7.33. The Morgan fingerprint density at radius 1 is 1.08 bits per heavy atom. The van der Waals surface area contributed by atoms with E-state index in [0.717, 1.165) is 16.1 Å². The fraction of sp³-hybridized carbons (Fsp3) is 0.0588. The van der Waals surface area contributed by atoms with Gasteiger partial charge in [-0.1, -0.05) is 35.5 Å². The largest absolute Gasteiger partial charge is 0.451 e. The Labute approximate surface area is 150 Å². The fourth-order valence-corrected chi connectivity index (χ4v) is 3.53.